The molecule has 2 aliphatic heterocycles. The number of rotatable bonds is 5. The minimum Gasteiger partial charge on any atom is -0.373 e. The molecule has 2 atom stereocenters. The molecule has 0 saturated carbocycles. The number of ether oxygens (including phenoxy) is 1. The number of carbonyl (C=O) groups excluding carboxylic acids is 1. The Hall–Kier alpha value is -2.92. The first-order valence-electron chi connectivity index (χ1n) is 11.4. The zero-order valence-corrected chi connectivity index (χ0v) is 17.8. The largest absolute Gasteiger partial charge is 0.373 e. The lowest BCUT2D eigenvalue weighted by Gasteiger charge is -2.32. The monoisotopic (exact) mass is 415 g/mol. The van der Waals surface area contributed by atoms with Gasteiger partial charge in [0.2, 0.25) is 0 Å². The summed E-state index contributed by atoms with van der Waals surface area (Å²) in [6.07, 6.45) is 4.40. The molecule has 0 spiro atoms. The quantitative estimate of drug-likeness (QED) is 0.654. The van der Waals surface area contributed by atoms with E-state index >= 15 is 0 Å². The van der Waals surface area contributed by atoms with Gasteiger partial charge in [-0.3, -0.25) is 4.79 Å². The molecule has 3 aromatic rings. The Labute approximate surface area is 183 Å². The van der Waals surface area contributed by atoms with E-state index in [9.17, 15) is 4.79 Å². The molecule has 0 aliphatic carbocycles. The Morgan fingerprint density at radius 1 is 1.03 bits per heavy atom. The Bertz CT molecular complexity index is 1050. The number of benzene rings is 2. The topological polar surface area (TPSA) is 54.5 Å². The summed E-state index contributed by atoms with van der Waals surface area (Å²) in [5.41, 5.74) is 2.80. The summed E-state index contributed by atoms with van der Waals surface area (Å²) in [5, 5.41) is 4.21. The molecule has 1 N–H and O–H groups in total. The van der Waals surface area contributed by atoms with Crippen LogP contribution in [-0.2, 0) is 4.74 Å². The van der Waals surface area contributed by atoms with Crippen LogP contribution >= 0.6 is 0 Å². The van der Waals surface area contributed by atoms with Gasteiger partial charge in [-0.1, -0.05) is 48.5 Å². The first-order chi connectivity index (χ1) is 15.3. The molecule has 2 fully saturated rings. The van der Waals surface area contributed by atoms with Gasteiger partial charge in [-0.15, -0.1) is 0 Å². The van der Waals surface area contributed by atoms with Crippen LogP contribution in [0.5, 0.6) is 0 Å². The van der Waals surface area contributed by atoms with E-state index in [1.807, 2.05) is 48.5 Å². The first kappa shape index (κ1) is 20.0. The normalized spacial score (nSPS) is 21.4. The van der Waals surface area contributed by atoms with Crippen LogP contribution in [0.4, 0.5) is 5.82 Å². The van der Waals surface area contributed by atoms with Gasteiger partial charge in [-0.05, 0) is 43.4 Å². The third kappa shape index (κ3) is 4.28. The third-order valence-electron chi connectivity index (χ3n) is 6.45. The molecule has 0 radical (unpaired) electrons. The molecular weight excluding hydrogens is 386 g/mol. The van der Waals surface area contributed by atoms with Crippen LogP contribution in [0.2, 0.25) is 0 Å². The van der Waals surface area contributed by atoms with Gasteiger partial charge in [0.1, 0.15) is 5.82 Å². The molecule has 5 heteroatoms. The standard InChI is InChI=1S/C26H29N3O2/c30-26(27-18-21-12-8-16-31-24(21)19-9-2-1-3-10-19)22-17-20-11-4-5-13-23(20)28-25(22)29-14-6-7-15-29/h1-5,9-11,13,17,21,24H,6-8,12,14-16,18H2,(H,27,30). The van der Waals surface area contributed by atoms with Gasteiger partial charge in [0.05, 0.1) is 17.2 Å². The molecule has 2 saturated heterocycles. The van der Waals surface area contributed by atoms with Crippen LogP contribution in [0.1, 0.15) is 47.7 Å². The van der Waals surface area contributed by atoms with E-state index in [-0.39, 0.29) is 17.9 Å². The number of pyridine rings is 1. The molecule has 5 rings (SSSR count). The zero-order valence-electron chi connectivity index (χ0n) is 17.8. The van der Waals surface area contributed by atoms with Gasteiger partial charge < -0.3 is 15.0 Å². The first-order valence-corrected chi connectivity index (χ1v) is 11.4. The van der Waals surface area contributed by atoms with E-state index in [1.54, 1.807) is 0 Å². The summed E-state index contributed by atoms with van der Waals surface area (Å²) in [4.78, 5) is 20.5. The molecule has 5 nitrogen and oxygen atoms in total. The molecule has 2 aromatic carbocycles. The summed E-state index contributed by atoms with van der Waals surface area (Å²) in [6, 6.07) is 20.4. The van der Waals surface area contributed by atoms with Gasteiger partial charge in [-0.2, -0.15) is 0 Å². The van der Waals surface area contributed by atoms with Crippen LogP contribution in [-0.4, -0.2) is 37.1 Å². The minimum atomic E-state index is -0.0439. The second-order valence-corrected chi connectivity index (χ2v) is 8.56. The molecule has 2 aliphatic rings. The van der Waals surface area contributed by atoms with Crippen molar-refractivity contribution in [3.05, 3.63) is 71.8 Å². The Kier molecular flexibility index (Phi) is 5.85. The number of anilines is 1. The summed E-state index contributed by atoms with van der Waals surface area (Å²) in [7, 11) is 0. The second-order valence-electron chi connectivity index (χ2n) is 8.56. The van der Waals surface area contributed by atoms with E-state index in [0.717, 1.165) is 62.1 Å². The molecule has 1 amide bonds. The third-order valence-corrected chi connectivity index (χ3v) is 6.45. The minimum absolute atomic E-state index is 0.0306. The van der Waals surface area contributed by atoms with E-state index in [1.165, 1.54) is 5.56 Å². The second kappa shape index (κ2) is 9.06. The number of nitrogens with one attached hydrogen (secondary N) is 1. The lowest BCUT2D eigenvalue weighted by molar-refractivity contribution is -0.0272. The average molecular weight is 416 g/mol. The van der Waals surface area contributed by atoms with E-state index in [4.69, 9.17) is 9.72 Å². The lowest BCUT2D eigenvalue weighted by Crippen LogP contribution is -2.36. The maximum atomic E-state index is 13.3. The van der Waals surface area contributed by atoms with Gasteiger partial charge in [-0.25, -0.2) is 4.98 Å². The number of amides is 1. The van der Waals surface area contributed by atoms with Gasteiger partial charge in [0, 0.05) is 37.5 Å². The molecule has 1 aromatic heterocycles. The van der Waals surface area contributed by atoms with Crippen molar-refractivity contribution in [2.75, 3.05) is 31.1 Å². The Morgan fingerprint density at radius 2 is 1.81 bits per heavy atom. The number of carbonyl (C=O) groups is 1. The van der Waals surface area contributed by atoms with Crippen molar-refractivity contribution < 1.29 is 9.53 Å². The van der Waals surface area contributed by atoms with Crippen molar-refractivity contribution in [3.8, 4) is 0 Å². The van der Waals surface area contributed by atoms with Crippen LogP contribution in [0.3, 0.4) is 0 Å². The average Bonchev–Trinajstić information content (AvgIpc) is 3.37. The van der Waals surface area contributed by atoms with Crippen molar-refractivity contribution >= 4 is 22.6 Å². The number of hydrogen-bond donors (Lipinski definition) is 1. The smallest absolute Gasteiger partial charge is 0.255 e. The molecule has 31 heavy (non-hydrogen) atoms. The Balaban J connectivity index is 1.37. The fourth-order valence-electron chi connectivity index (χ4n) is 4.83. The number of para-hydroxylation sites is 1. The highest BCUT2D eigenvalue weighted by Gasteiger charge is 2.29. The van der Waals surface area contributed by atoms with Crippen molar-refractivity contribution in [1.29, 1.82) is 0 Å². The molecule has 2 unspecified atom stereocenters. The van der Waals surface area contributed by atoms with Crippen molar-refractivity contribution in [3.63, 3.8) is 0 Å². The lowest BCUT2D eigenvalue weighted by atomic mass is 9.89. The van der Waals surface area contributed by atoms with Crippen LogP contribution in [0.15, 0.2) is 60.7 Å². The molecule has 3 heterocycles. The van der Waals surface area contributed by atoms with E-state index in [0.29, 0.717) is 12.1 Å². The molecule has 160 valence electrons. The van der Waals surface area contributed by atoms with Crippen molar-refractivity contribution in [2.45, 2.75) is 31.8 Å². The Morgan fingerprint density at radius 3 is 2.65 bits per heavy atom. The molecular formula is C26H29N3O2. The maximum Gasteiger partial charge on any atom is 0.255 e. The number of nitrogens with zero attached hydrogens (tertiary/aromatic N) is 2. The summed E-state index contributed by atoms with van der Waals surface area (Å²) in [5.74, 6) is 1.04. The van der Waals surface area contributed by atoms with Gasteiger partial charge in [0.15, 0.2) is 0 Å². The van der Waals surface area contributed by atoms with E-state index in [2.05, 4.69) is 22.3 Å². The fourth-order valence-corrected chi connectivity index (χ4v) is 4.83. The number of aromatic nitrogens is 1. The highest BCUT2D eigenvalue weighted by molar-refractivity contribution is 6.02. The number of fused-ring (bicyclic) bond motifs is 1. The highest BCUT2D eigenvalue weighted by atomic mass is 16.5. The predicted molar refractivity (Wildman–Crippen MR) is 123 cm³/mol. The molecule has 0 bridgehead atoms. The van der Waals surface area contributed by atoms with Crippen molar-refractivity contribution in [2.24, 2.45) is 5.92 Å². The number of hydrogen-bond acceptors (Lipinski definition) is 4. The van der Waals surface area contributed by atoms with E-state index < -0.39 is 0 Å². The summed E-state index contributed by atoms with van der Waals surface area (Å²) < 4.78 is 6.11. The maximum absolute atomic E-state index is 13.3. The predicted octanol–water partition coefficient (Wildman–Crippen LogP) is 4.73. The van der Waals surface area contributed by atoms with Crippen LogP contribution in [0.25, 0.3) is 10.9 Å². The van der Waals surface area contributed by atoms with Gasteiger partial charge >= 0.3 is 0 Å². The fraction of sp³-hybridized carbons (Fsp3) is 0.385. The zero-order chi connectivity index (χ0) is 21.0. The van der Waals surface area contributed by atoms with Gasteiger partial charge in [0.25, 0.3) is 5.91 Å². The highest BCUT2D eigenvalue weighted by Crippen LogP contribution is 2.33. The van der Waals surface area contributed by atoms with Crippen molar-refractivity contribution in [1.82, 2.24) is 10.3 Å². The summed E-state index contributed by atoms with van der Waals surface area (Å²) >= 11 is 0. The van der Waals surface area contributed by atoms with Crippen LogP contribution < -0.4 is 10.2 Å². The summed E-state index contributed by atoms with van der Waals surface area (Å²) in [6.45, 7) is 3.29. The van der Waals surface area contributed by atoms with Crippen LogP contribution in [0, 0.1) is 5.92 Å². The SMILES string of the molecule is O=C(NCC1CCCOC1c1ccccc1)c1cc2ccccc2nc1N1CCCC1.